The number of rotatable bonds is 3. The summed E-state index contributed by atoms with van der Waals surface area (Å²) in [6, 6.07) is 5.99. The second kappa shape index (κ2) is 5.04. The van der Waals surface area contributed by atoms with Crippen LogP contribution in [0.4, 0.5) is 5.69 Å². The minimum atomic E-state index is 0.269. The normalized spacial score (nSPS) is 20.4. The highest BCUT2D eigenvalue weighted by Crippen LogP contribution is 2.27. The molecule has 3 nitrogen and oxygen atoms in total. The standard InChI is InChI=1S/C12H17ClN2O/c13-12-5-11(2-1-10(12)6-14)15-4-3-9(7-15)8-16/h1-2,5,9,16H,3-4,6-8,14H2. The summed E-state index contributed by atoms with van der Waals surface area (Å²) in [4.78, 5) is 2.26. The van der Waals surface area contributed by atoms with Gasteiger partial charge in [-0.05, 0) is 24.1 Å². The molecule has 88 valence electrons. The van der Waals surface area contributed by atoms with Crippen molar-refractivity contribution in [1.29, 1.82) is 0 Å². The quantitative estimate of drug-likeness (QED) is 0.844. The van der Waals surface area contributed by atoms with Crippen molar-refractivity contribution in [2.45, 2.75) is 13.0 Å². The molecule has 3 N–H and O–H groups in total. The summed E-state index contributed by atoms with van der Waals surface area (Å²) < 4.78 is 0. The van der Waals surface area contributed by atoms with Crippen LogP contribution in [0.15, 0.2) is 18.2 Å². The smallest absolute Gasteiger partial charge is 0.0476 e. The number of hydrogen-bond donors (Lipinski definition) is 2. The second-order valence-electron chi connectivity index (χ2n) is 4.26. The summed E-state index contributed by atoms with van der Waals surface area (Å²) in [6.07, 6.45) is 1.05. The summed E-state index contributed by atoms with van der Waals surface area (Å²) in [5, 5.41) is 9.83. The Morgan fingerprint density at radius 2 is 2.31 bits per heavy atom. The lowest BCUT2D eigenvalue weighted by atomic mass is 10.1. The highest BCUT2D eigenvalue weighted by Gasteiger charge is 2.22. The largest absolute Gasteiger partial charge is 0.396 e. The molecule has 0 saturated carbocycles. The van der Waals surface area contributed by atoms with Crippen molar-refractivity contribution in [3.05, 3.63) is 28.8 Å². The maximum Gasteiger partial charge on any atom is 0.0476 e. The van der Waals surface area contributed by atoms with Crippen LogP contribution in [0.25, 0.3) is 0 Å². The third-order valence-corrected chi connectivity index (χ3v) is 3.52. The first-order chi connectivity index (χ1) is 7.74. The fraction of sp³-hybridized carbons (Fsp3) is 0.500. The van der Waals surface area contributed by atoms with E-state index in [-0.39, 0.29) is 6.61 Å². The van der Waals surface area contributed by atoms with Crippen LogP contribution in [0.1, 0.15) is 12.0 Å². The molecule has 1 aliphatic heterocycles. The van der Waals surface area contributed by atoms with E-state index in [0.717, 1.165) is 35.8 Å². The van der Waals surface area contributed by atoms with Crippen LogP contribution in [0, 0.1) is 5.92 Å². The van der Waals surface area contributed by atoms with Gasteiger partial charge in [0.1, 0.15) is 0 Å². The number of hydrogen-bond acceptors (Lipinski definition) is 3. The van der Waals surface area contributed by atoms with Gasteiger partial charge in [-0.1, -0.05) is 17.7 Å². The summed E-state index contributed by atoms with van der Waals surface area (Å²) in [5.41, 5.74) is 7.67. The highest BCUT2D eigenvalue weighted by atomic mass is 35.5. The van der Waals surface area contributed by atoms with Crippen LogP contribution < -0.4 is 10.6 Å². The van der Waals surface area contributed by atoms with Gasteiger partial charge < -0.3 is 15.7 Å². The lowest BCUT2D eigenvalue weighted by molar-refractivity contribution is 0.238. The number of nitrogens with zero attached hydrogens (tertiary/aromatic N) is 1. The van der Waals surface area contributed by atoms with Gasteiger partial charge in [0.25, 0.3) is 0 Å². The van der Waals surface area contributed by atoms with E-state index in [0.29, 0.717) is 12.5 Å². The Morgan fingerprint density at radius 3 is 2.88 bits per heavy atom. The predicted molar refractivity (Wildman–Crippen MR) is 66.7 cm³/mol. The molecule has 1 saturated heterocycles. The molecule has 1 aromatic carbocycles. The van der Waals surface area contributed by atoms with E-state index >= 15 is 0 Å². The first-order valence-electron chi connectivity index (χ1n) is 5.59. The van der Waals surface area contributed by atoms with E-state index in [2.05, 4.69) is 4.90 Å². The molecule has 0 aromatic heterocycles. The molecule has 1 fully saturated rings. The van der Waals surface area contributed by atoms with Gasteiger partial charge in [-0.3, -0.25) is 0 Å². The van der Waals surface area contributed by atoms with Crippen molar-refractivity contribution >= 4 is 17.3 Å². The first kappa shape index (κ1) is 11.7. The Bertz CT molecular complexity index is 370. The van der Waals surface area contributed by atoms with Crippen molar-refractivity contribution in [3.8, 4) is 0 Å². The van der Waals surface area contributed by atoms with Crippen molar-refractivity contribution in [3.63, 3.8) is 0 Å². The Kier molecular flexibility index (Phi) is 3.69. The third-order valence-electron chi connectivity index (χ3n) is 3.17. The zero-order chi connectivity index (χ0) is 11.5. The topological polar surface area (TPSA) is 49.5 Å². The van der Waals surface area contributed by atoms with Crippen LogP contribution in [0.5, 0.6) is 0 Å². The van der Waals surface area contributed by atoms with E-state index in [1.165, 1.54) is 0 Å². The zero-order valence-corrected chi connectivity index (χ0v) is 9.95. The second-order valence-corrected chi connectivity index (χ2v) is 4.67. The molecule has 2 rings (SSSR count). The van der Waals surface area contributed by atoms with E-state index in [1.807, 2.05) is 18.2 Å². The summed E-state index contributed by atoms with van der Waals surface area (Å²) >= 11 is 6.12. The summed E-state index contributed by atoms with van der Waals surface area (Å²) in [6.45, 7) is 2.64. The Labute approximate surface area is 101 Å². The van der Waals surface area contributed by atoms with E-state index in [1.54, 1.807) is 0 Å². The third kappa shape index (κ3) is 2.32. The van der Waals surface area contributed by atoms with Crippen molar-refractivity contribution in [1.82, 2.24) is 0 Å². The molecule has 0 aliphatic carbocycles. The molecule has 0 bridgehead atoms. The summed E-state index contributed by atoms with van der Waals surface area (Å²) in [5.74, 6) is 0.396. The average Bonchev–Trinajstić information content (AvgIpc) is 2.77. The Hall–Kier alpha value is -0.770. The van der Waals surface area contributed by atoms with Gasteiger partial charge in [-0.25, -0.2) is 0 Å². The predicted octanol–water partition coefficient (Wildman–Crippen LogP) is 1.62. The molecule has 0 radical (unpaired) electrons. The lowest BCUT2D eigenvalue weighted by Gasteiger charge is -2.19. The molecule has 0 amide bonds. The molecule has 0 spiro atoms. The molecular weight excluding hydrogens is 224 g/mol. The van der Waals surface area contributed by atoms with Gasteiger partial charge in [0.2, 0.25) is 0 Å². The van der Waals surface area contributed by atoms with Crippen molar-refractivity contribution < 1.29 is 5.11 Å². The first-order valence-corrected chi connectivity index (χ1v) is 5.96. The lowest BCUT2D eigenvalue weighted by Crippen LogP contribution is -2.20. The molecule has 1 aromatic rings. The Balaban J connectivity index is 2.13. The number of halogens is 1. The highest BCUT2D eigenvalue weighted by molar-refractivity contribution is 6.31. The number of nitrogens with two attached hydrogens (primary N) is 1. The van der Waals surface area contributed by atoms with Crippen LogP contribution in [-0.2, 0) is 6.54 Å². The van der Waals surface area contributed by atoms with Gasteiger partial charge in [-0.2, -0.15) is 0 Å². The van der Waals surface area contributed by atoms with E-state index in [4.69, 9.17) is 22.4 Å². The molecule has 1 unspecified atom stereocenters. The van der Waals surface area contributed by atoms with Crippen molar-refractivity contribution in [2.24, 2.45) is 11.7 Å². The molecule has 1 heterocycles. The SMILES string of the molecule is NCc1ccc(N2CCC(CO)C2)cc1Cl. The minimum absolute atomic E-state index is 0.269. The van der Waals surface area contributed by atoms with Gasteiger partial charge >= 0.3 is 0 Å². The summed E-state index contributed by atoms with van der Waals surface area (Å²) in [7, 11) is 0. The number of benzene rings is 1. The minimum Gasteiger partial charge on any atom is -0.396 e. The molecule has 4 heteroatoms. The van der Waals surface area contributed by atoms with Crippen LogP contribution in [0.3, 0.4) is 0 Å². The maximum absolute atomic E-state index is 9.10. The average molecular weight is 241 g/mol. The van der Waals surface area contributed by atoms with E-state index in [9.17, 15) is 0 Å². The monoisotopic (exact) mass is 240 g/mol. The fourth-order valence-corrected chi connectivity index (χ4v) is 2.37. The Morgan fingerprint density at radius 1 is 1.50 bits per heavy atom. The molecule has 1 atom stereocenters. The van der Waals surface area contributed by atoms with Gasteiger partial charge in [0.15, 0.2) is 0 Å². The fourth-order valence-electron chi connectivity index (χ4n) is 2.11. The van der Waals surface area contributed by atoms with Crippen molar-refractivity contribution in [2.75, 3.05) is 24.6 Å². The molecular formula is C12H17ClN2O. The van der Waals surface area contributed by atoms with Crippen LogP contribution in [-0.4, -0.2) is 24.8 Å². The zero-order valence-electron chi connectivity index (χ0n) is 9.19. The number of aliphatic hydroxyl groups excluding tert-OH is 1. The number of anilines is 1. The number of aliphatic hydroxyl groups is 1. The van der Waals surface area contributed by atoms with Crippen LogP contribution >= 0.6 is 11.6 Å². The van der Waals surface area contributed by atoms with Gasteiger partial charge in [-0.15, -0.1) is 0 Å². The van der Waals surface area contributed by atoms with E-state index < -0.39 is 0 Å². The van der Waals surface area contributed by atoms with Gasteiger partial charge in [0.05, 0.1) is 0 Å². The maximum atomic E-state index is 9.10. The van der Waals surface area contributed by atoms with Gasteiger partial charge in [0, 0.05) is 42.9 Å². The van der Waals surface area contributed by atoms with Crippen LogP contribution in [0.2, 0.25) is 5.02 Å². The molecule has 1 aliphatic rings. The molecule has 16 heavy (non-hydrogen) atoms.